The molecule has 0 bridgehead atoms. The summed E-state index contributed by atoms with van der Waals surface area (Å²) in [7, 11) is 0. The van der Waals surface area contributed by atoms with Gasteiger partial charge in [-0.15, -0.1) is 5.10 Å². The number of aromatic nitrogens is 4. The summed E-state index contributed by atoms with van der Waals surface area (Å²) in [5.74, 6) is -2.60. The molecular formula is C19H17F5N6O. The fraction of sp³-hybridized carbons (Fsp3) is 0.368. The molecule has 2 aliphatic rings. The quantitative estimate of drug-likeness (QED) is 0.727. The highest BCUT2D eigenvalue weighted by atomic mass is 19.4. The second-order valence-electron chi connectivity index (χ2n) is 7.23. The van der Waals surface area contributed by atoms with Crippen molar-refractivity contribution in [2.24, 2.45) is 0 Å². The summed E-state index contributed by atoms with van der Waals surface area (Å²) in [5, 5.41) is 10.1. The van der Waals surface area contributed by atoms with Crippen LogP contribution in [0.15, 0.2) is 35.4 Å². The number of amides is 1. The minimum absolute atomic E-state index is 0.111. The molecule has 2 aromatic heterocycles. The number of hydrogen-bond donors (Lipinski definition) is 1. The third-order valence-corrected chi connectivity index (χ3v) is 5.31. The van der Waals surface area contributed by atoms with Crippen LogP contribution in [0.2, 0.25) is 0 Å². The first-order valence-corrected chi connectivity index (χ1v) is 9.39. The number of hydrogen-bond acceptors (Lipinski definition) is 5. The van der Waals surface area contributed by atoms with Gasteiger partial charge in [0.05, 0.1) is 23.5 Å². The van der Waals surface area contributed by atoms with Crippen molar-refractivity contribution in [2.75, 3.05) is 13.1 Å². The number of carbonyl (C=O) groups excluding carboxylic acids is 1. The lowest BCUT2D eigenvalue weighted by Gasteiger charge is -2.33. The molecule has 31 heavy (non-hydrogen) atoms. The van der Waals surface area contributed by atoms with Crippen molar-refractivity contribution in [3.63, 3.8) is 0 Å². The summed E-state index contributed by atoms with van der Waals surface area (Å²) in [6, 6.07) is 0.843. The van der Waals surface area contributed by atoms with Crippen LogP contribution in [0.25, 0.3) is 5.82 Å². The third-order valence-electron chi connectivity index (χ3n) is 5.31. The normalized spacial score (nSPS) is 19.1. The zero-order valence-corrected chi connectivity index (χ0v) is 16.5. The molecule has 1 atom stereocenters. The first kappa shape index (κ1) is 20.9. The molecule has 7 nitrogen and oxygen atoms in total. The lowest BCUT2D eigenvalue weighted by Crippen LogP contribution is -2.42. The van der Waals surface area contributed by atoms with Crippen LogP contribution in [-0.4, -0.2) is 50.1 Å². The van der Waals surface area contributed by atoms with Crippen LogP contribution in [0.5, 0.6) is 0 Å². The largest absolute Gasteiger partial charge is 0.433 e. The molecule has 4 rings (SSSR count). The number of nitrogens with zero attached hydrogens (tertiary/aromatic N) is 5. The molecule has 0 aliphatic carbocycles. The molecule has 0 saturated carbocycles. The Labute approximate surface area is 173 Å². The van der Waals surface area contributed by atoms with E-state index in [-0.39, 0.29) is 19.5 Å². The Bertz CT molecular complexity index is 1120. The summed E-state index contributed by atoms with van der Waals surface area (Å²) in [6.07, 6.45) is -2.51. The molecule has 0 radical (unpaired) electrons. The number of alkyl halides is 3. The molecule has 0 aromatic carbocycles. The zero-order valence-electron chi connectivity index (χ0n) is 16.5. The van der Waals surface area contributed by atoms with Crippen LogP contribution < -0.4 is 5.32 Å². The highest BCUT2D eigenvalue weighted by Crippen LogP contribution is 2.35. The summed E-state index contributed by atoms with van der Waals surface area (Å²) in [5.41, 5.74) is -0.771. The van der Waals surface area contributed by atoms with E-state index in [0.29, 0.717) is 22.8 Å². The van der Waals surface area contributed by atoms with Gasteiger partial charge >= 0.3 is 6.18 Å². The van der Waals surface area contributed by atoms with Gasteiger partial charge < -0.3 is 10.2 Å². The van der Waals surface area contributed by atoms with Crippen molar-refractivity contribution in [1.82, 2.24) is 30.2 Å². The fourth-order valence-corrected chi connectivity index (χ4v) is 3.66. The Morgan fingerprint density at radius 3 is 2.71 bits per heavy atom. The number of dihydropyridines is 1. The lowest BCUT2D eigenvalue weighted by atomic mass is 10.0. The maximum absolute atomic E-state index is 14.4. The number of fused-ring (bicyclic) bond motifs is 1. The average Bonchev–Trinajstić information content (AvgIpc) is 3.14. The smallest absolute Gasteiger partial charge is 0.375 e. The number of nitrogens with one attached hydrogen (secondary N) is 1. The minimum Gasteiger partial charge on any atom is -0.375 e. The Balaban J connectivity index is 1.63. The highest BCUT2D eigenvalue weighted by molar-refractivity contribution is 5.98. The topological polar surface area (TPSA) is 75.9 Å². The first-order valence-electron chi connectivity index (χ1n) is 9.39. The molecule has 2 aliphatic heterocycles. The van der Waals surface area contributed by atoms with Crippen molar-refractivity contribution >= 4 is 5.91 Å². The number of halogens is 5. The van der Waals surface area contributed by atoms with Gasteiger partial charge in [0.25, 0.3) is 5.91 Å². The summed E-state index contributed by atoms with van der Waals surface area (Å²) < 4.78 is 68.4. The number of allylic oxidation sites excluding steroid dienone is 1. The number of aryl methyl sites for hydroxylation is 1. The predicted octanol–water partition coefficient (Wildman–Crippen LogP) is 2.83. The van der Waals surface area contributed by atoms with Gasteiger partial charge in [0.1, 0.15) is 11.5 Å². The Morgan fingerprint density at radius 1 is 1.29 bits per heavy atom. The van der Waals surface area contributed by atoms with Gasteiger partial charge in [-0.1, -0.05) is 5.21 Å². The van der Waals surface area contributed by atoms with Gasteiger partial charge in [-0.2, -0.15) is 17.9 Å². The van der Waals surface area contributed by atoms with Crippen LogP contribution >= 0.6 is 0 Å². The molecule has 0 fully saturated rings. The molecule has 1 amide bonds. The van der Waals surface area contributed by atoms with Crippen molar-refractivity contribution in [2.45, 2.75) is 32.5 Å². The molecular weight excluding hydrogens is 423 g/mol. The Hall–Kier alpha value is -3.31. The molecule has 0 spiro atoms. The van der Waals surface area contributed by atoms with E-state index >= 15 is 0 Å². The van der Waals surface area contributed by atoms with E-state index in [4.69, 9.17) is 0 Å². The molecule has 0 saturated heterocycles. The molecule has 164 valence electrons. The Kier molecular flexibility index (Phi) is 5.02. The second kappa shape index (κ2) is 7.43. The van der Waals surface area contributed by atoms with Crippen LogP contribution in [-0.2, 0) is 11.2 Å². The van der Waals surface area contributed by atoms with E-state index in [9.17, 15) is 26.7 Å². The average molecular weight is 440 g/mol. The van der Waals surface area contributed by atoms with Gasteiger partial charge in [-0.25, -0.2) is 13.8 Å². The van der Waals surface area contributed by atoms with Crippen LogP contribution in [0, 0.1) is 12.7 Å². The van der Waals surface area contributed by atoms with Gasteiger partial charge in [0, 0.05) is 19.5 Å². The maximum atomic E-state index is 14.4. The van der Waals surface area contributed by atoms with E-state index in [1.165, 1.54) is 15.6 Å². The summed E-state index contributed by atoms with van der Waals surface area (Å²) in [6.45, 7) is 3.01. The molecule has 4 heterocycles. The van der Waals surface area contributed by atoms with Crippen LogP contribution in [0.4, 0.5) is 22.0 Å². The van der Waals surface area contributed by atoms with E-state index in [1.807, 2.05) is 5.32 Å². The predicted molar refractivity (Wildman–Crippen MR) is 98.0 cm³/mol. The Morgan fingerprint density at radius 2 is 2.03 bits per heavy atom. The summed E-state index contributed by atoms with van der Waals surface area (Å²) in [4.78, 5) is 18.2. The van der Waals surface area contributed by atoms with Crippen molar-refractivity contribution < 1.29 is 26.7 Å². The fourth-order valence-electron chi connectivity index (χ4n) is 3.66. The SMILES string of the molecule is Cc1cc(-n2nnc3c2CCN(C(=O)C2=CCNC(C(F)(F)F)=C2F)[C@@H]3C)ncc1F. The number of pyridine rings is 1. The van der Waals surface area contributed by atoms with Crippen molar-refractivity contribution in [1.29, 1.82) is 0 Å². The molecule has 1 N–H and O–H groups in total. The number of rotatable bonds is 2. The second-order valence-corrected chi connectivity index (χ2v) is 7.23. The van der Waals surface area contributed by atoms with E-state index in [1.54, 1.807) is 13.8 Å². The minimum atomic E-state index is -4.94. The van der Waals surface area contributed by atoms with Crippen LogP contribution in [0.1, 0.15) is 29.9 Å². The van der Waals surface area contributed by atoms with Crippen molar-refractivity contribution in [3.8, 4) is 5.82 Å². The van der Waals surface area contributed by atoms with Gasteiger partial charge in [0.2, 0.25) is 0 Å². The van der Waals surface area contributed by atoms with Crippen LogP contribution in [0.3, 0.4) is 0 Å². The van der Waals surface area contributed by atoms with Crippen molar-refractivity contribution in [3.05, 3.63) is 58.2 Å². The monoisotopic (exact) mass is 440 g/mol. The number of carbonyl (C=O) groups is 1. The van der Waals surface area contributed by atoms with E-state index in [0.717, 1.165) is 12.3 Å². The lowest BCUT2D eigenvalue weighted by molar-refractivity contribution is -0.129. The highest BCUT2D eigenvalue weighted by Gasteiger charge is 2.42. The zero-order chi connectivity index (χ0) is 22.5. The van der Waals surface area contributed by atoms with Gasteiger partial charge in [0.15, 0.2) is 17.3 Å². The first-order chi connectivity index (χ1) is 14.6. The molecule has 12 heteroatoms. The van der Waals surface area contributed by atoms with E-state index in [2.05, 4.69) is 15.3 Å². The summed E-state index contributed by atoms with van der Waals surface area (Å²) >= 11 is 0. The van der Waals surface area contributed by atoms with E-state index < -0.39 is 41.0 Å². The molecule has 0 unspecified atom stereocenters. The standard InChI is InChI=1S/C19H17F5N6O/c1-9-7-14(26-8-12(9)20)30-13-4-6-29(10(2)16(13)27-28-30)18(31)11-3-5-25-17(15(11)21)19(22,23)24/h3,7-8,10,25H,4-6H2,1-2H3/t10-/m1/s1. The maximum Gasteiger partial charge on any atom is 0.433 e. The molecule has 2 aromatic rings. The van der Waals surface area contributed by atoms with Gasteiger partial charge in [-0.3, -0.25) is 4.79 Å². The third kappa shape index (κ3) is 3.55. The van der Waals surface area contributed by atoms with Gasteiger partial charge in [-0.05, 0) is 31.6 Å².